The molecule has 0 saturated carbocycles. The molecule has 3 atom stereocenters. The van der Waals surface area contributed by atoms with E-state index in [1.54, 1.807) is 7.11 Å². The van der Waals surface area contributed by atoms with Gasteiger partial charge in [0.25, 0.3) is 0 Å². The van der Waals surface area contributed by atoms with Crippen LogP contribution in [0.25, 0.3) is 0 Å². The molecule has 2 heterocycles. The molecule has 146 valence electrons. The number of rotatable bonds is 5. The number of piperidine rings is 1. The normalized spacial score (nSPS) is 29.8. The van der Waals surface area contributed by atoms with E-state index in [4.69, 9.17) is 9.47 Å². The van der Waals surface area contributed by atoms with Crippen molar-refractivity contribution in [3.05, 3.63) is 0 Å². The lowest BCUT2D eigenvalue weighted by atomic mass is 9.88. The van der Waals surface area contributed by atoms with Gasteiger partial charge in [0.1, 0.15) is 0 Å². The third kappa shape index (κ3) is 5.83. The van der Waals surface area contributed by atoms with E-state index in [1.807, 2.05) is 7.05 Å². The Morgan fingerprint density at radius 1 is 1.24 bits per heavy atom. The van der Waals surface area contributed by atoms with E-state index >= 15 is 0 Å². The third-order valence-corrected chi connectivity index (χ3v) is 5.41. The van der Waals surface area contributed by atoms with Gasteiger partial charge in [-0.2, -0.15) is 0 Å². The van der Waals surface area contributed by atoms with Crippen LogP contribution in [0.5, 0.6) is 0 Å². The van der Waals surface area contributed by atoms with Crippen molar-refractivity contribution in [3.8, 4) is 0 Å². The van der Waals surface area contributed by atoms with E-state index in [0.717, 1.165) is 44.0 Å². The number of likely N-dealkylation sites (tertiary alicyclic amines) is 1. The first kappa shape index (κ1) is 20.5. The second-order valence-corrected chi connectivity index (χ2v) is 8.46. The van der Waals surface area contributed by atoms with Gasteiger partial charge in [-0.1, -0.05) is 13.8 Å². The minimum Gasteiger partial charge on any atom is -0.382 e. The van der Waals surface area contributed by atoms with Gasteiger partial charge in [-0.25, -0.2) is 0 Å². The second-order valence-electron chi connectivity index (χ2n) is 8.46. The van der Waals surface area contributed by atoms with Crippen LogP contribution in [0.1, 0.15) is 34.1 Å². The fraction of sp³-hybridized carbons (Fsp3) is 0.947. The van der Waals surface area contributed by atoms with Crippen LogP contribution in [0.4, 0.5) is 0 Å². The zero-order chi connectivity index (χ0) is 18.4. The highest BCUT2D eigenvalue weighted by atomic mass is 16.5. The molecule has 0 aromatic heterocycles. The standard InChI is InChI=1S/C19H38N4O2/c1-15-9-16(2)11-23(10-15)19(3,4)14-21-18(20-5)22-7-8-25-17(12-22)13-24-6/h15-17H,7-14H2,1-6H3,(H,20,21). The van der Waals surface area contributed by atoms with Crippen molar-refractivity contribution < 1.29 is 9.47 Å². The summed E-state index contributed by atoms with van der Waals surface area (Å²) in [5.74, 6) is 2.52. The number of guanidine groups is 1. The maximum Gasteiger partial charge on any atom is 0.193 e. The zero-order valence-corrected chi connectivity index (χ0v) is 17.0. The molecule has 2 rings (SSSR count). The molecule has 6 nitrogen and oxygen atoms in total. The monoisotopic (exact) mass is 354 g/mol. The highest BCUT2D eigenvalue weighted by Gasteiger charge is 2.33. The minimum atomic E-state index is 0.108. The van der Waals surface area contributed by atoms with E-state index < -0.39 is 0 Å². The molecule has 0 spiro atoms. The Labute approximate surface area is 153 Å². The summed E-state index contributed by atoms with van der Waals surface area (Å²) in [7, 11) is 3.58. The second kappa shape index (κ2) is 9.19. The van der Waals surface area contributed by atoms with Crippen molar-refractivity contribution in [1.82, 2.24) is 15.1 Å². The van der Waals surface area contributed by atoms with Crippen LogP contribution >= 0.6 is 0 Å². The molecular weight excluding hydrogens is 316 g/mol. The van der Waals surface area contributed by atoms with E-state index in [2.05, 4.69) is 47.8 Å². The van der Waals surface area contributed by atoms with Crippen molar-refractivity contribution in [2.45, 2.75) is 45.8 Å². The predicted octanol–water partition coefficient (Wildman–Crippen LogP) is 1.67. The van der Waals surface area contributed by atoms with Crippen molar-refractivity contribution in [1.29, 1.82) is 0 Å². The Balaban J connectivity index is 1.90. The highest BCUT2D eigenvalue weighted by molar-refractivity contribution is 5.80. The molecule has 0 bridgehead atoms. The topological polar surface area (TPSA) is 49.3 Å². The molecule has 0 radical (unpaired) electrons. The van der Waals surface area contributed by atoms with Gasteiger partial charge in [-0.15, -0.1) is 0 Å². The van der Waals surface area contributed by atoms with Gasteiger partial charge in [0, 0.05) is 52.4 Å². The Morgan fingerprint density at radius 3 is 2.52 bits per heavy atom. The largest absolute Gasteiger partial charge is 0.382 e. The lowest BCUT2D eigenvalue weighted by molar-refractivity contribution is -0.0449. The van der Waals surface area contributed by atoms with Crippen LogP contribution in [0.2, 0.25) is 0 Å². The molecule has 25 heavy (non-hydrogen) atoms. The van der Waals surface area contributed by atoms with Crippen LogP contribution in [-0.2, 0) is 9.47 Å². The first-order chi connectivity index (χ1) is 11.9. The van der Waals surface area contributed by atoms with Crippen LogP contribution in [0.15, 0.2) is 4.99 Å². The Bertz CT molecular complexity index is 429. The Kier molecular flexibility index (Phi) is 7.52. The van der Waals surface area contributed by atoms with E-state index in [1.165, 1.54) is 19.5 Å². The molecule has 3 unspecified atom stereocenters. The van der Waals surface area contributed by atoms with Gasteiger partial charge in [0.2, 0.25) is 0 Å². The van der Waals surface area contributed by atoms with Crippen LogP contribution in [0, 0.1) is 11.8 Å². The molecular formula is C19H38N4O2. The minimum absolute atomic E-state index is 0.108. The summed E-state index contributed by atoms with van der Waals surface area (Å²) in [4.78, 5) is 9.42. The van der Waals surface area contributed by atoms with Gasteiger partial charge < -0.3 is 19.7 Å². The van der Waals surface area contributed by atoms with Crippen molar-refractivity contribution in [2.75, 3.05) is 60.1 Å². The van der Waals surface area contributed by atoms with E-state index in [-0.39, 0.29) is 11.6 Å². The summed E-state index contributed by atoms with van der Waals surface area (Å²) in [5.41, 5.74) is 0.108. The van der Waals surface area contributed by atoms with Gasteiger partial charge in [-0.05, 0) is 32.1 Å². The highest BCUT2D eigenvalue weighted by Crippen LogP contribution is 2.26. The molecule has 2 fully saturated rings. The van der Waals surface area contributed by atoms with Gasteiger partial charge in [0.15, 0.2) is 5.96 Å². The molecule has 1 N–H and O–H groups in total. The Morgan fingerprint density at radius 2 is 1.92 bits per heavy atom. The van der Waals surface area contributed by atoms with Crippen molar-refractivity contribution in [3.63, 3.8) is 0 Å². The van der Waals surface area contributed by atoms with Crippen molar-refractivity contribution >= 4 is 5.96 Å². The van der Waals surface area contributed by atoms with E-state index in [0.29, 0.717) is 6.61 Å². The van der Waals surface area contributed by atoms with Crippen LogP contribution in [0.3, 0.4) is 0 Å². The molecule has 0 aliphatic carbocycles. The number of methoxy groups -OCH3 is 1. The summed E-state index contributed by atoms with van der Waals surface area (Å²) in [6, 6.07) is 0. The number of nitrogens with zero attached hydrogens (tertiary/aromatic N) is 3. The number of hydrogen-bond donors (Lipinski definition) is 1. The molecule has 0 amide bonds. The molecule has 0 aromatic rings. The summed E-state index contributed by atoms with van der Waals surface area (Å²) in [6.07, 6.45) is 1.46. The zero-order valence-electron chi connectivity index (χ0n) is 17.0. The number of hydrogen-bond acceptors (Lipinski definition) is 4. The summed E-state index contributed by atoms with van der Waals surface area (Å²) in [5, 5.41) is 3.61. The number of ether oxygens (including phenoxy) is 2. The Hall–Kier alpha value is -0.850. The smallest absolute Gasteiger partial charge is 0.193 e. The molecule has 2 saturated heterocycles. The lowest BCUT2D eigenvalue weighted by Crippen LogP contribution is -2.58. The number of aliphatic imine (C=N–C) groups is 1. The summed E-state index contributed by atoms with van der Waals surface area (Å²) >= 11 is 0. The molecule has 2 aliphatic rings. The maximum atomic E-state index is 5.75. The summed E-state index contributed by atoms with van der Waals surface area (Å²) in [6.45, 7) is 15.7. The quantitative estimate of drug-likeness (QED) is 0.601. The number of nitrogens with one attached hydrogen (secondary N) is 1. The fourth-order valence-electron chi connectivity index (χ4n) is 4.10. The average molecular weight is 355 g/mol. The first-order valence-electron chi connectivity index (χ1n) is 9.67. The van der Waals surface area contributed by atoms with Crippen molar-refractivity contribution in [2.24, 2.45) is 16.8 Å². The van der Waals surface area contributed by atoms with E-state index in [9.17, 15) is 0 Å². The van der Waals surface area contributed by atoms with Gasteiger partial charge in [-0.3, -0.25) is 9.89 Å². The van der Waals surface area contributed by atoms with Crippen LogP contribution < -0.4 is 5.32 Å². The molecule has 0 aromatic carbocycles. The molecule has 2 aliphatic heterocycles. The van der Waals surface area contributed by atoms with Crippen LogP contribution in [-0.4, -0.2) is 87.5 Å². The van der Waals surface area contributed by atoms with Gasteiger partial charge >= 0.3 is 0 Å². The summed E-state index contributed by atoms with van der Waals surface area (Å²) < 4.78 is 11.0. The first-order valence-corrected chi connectivity index (χ1v) is 9.67. The average Bonchev–Trinajstić information content (AvgIpc) is 2.55. The third-order valence-electron chi connectivity index (χ3n) is 5.41. The fourth-order valence-corrected chi connectivity index (χ4v) is 4.10. The SMILES string of the molecule is CN=C(NCC(C)(C)N1CC(C)CC(C)C1)N1CCOC(COC)C1. The lowest BCUT2D eigenvalue weighted by Gasteiger charge is -2.46. The molecule has 6 heteroatoms. The predicted molar refractivity (Wildman–Crippen MR) is 103 cm³/mol. The maximum absolute atomic E-state index is 5.75. The van der Waals surface area contributed by atoms with Gasteiger partial charge in [0.05, 0.1) is 19.3 Å². The number of morpholine rings is 1.